The van der Waals surface area contributed by atoms with E-state index in [1.54, 1.807) is 0 Å². The van der Waals surface area contributed by atoms with Gasteiger partial charge in [-0.1, -0.05) is 26.2 Å². The molecule has 1 aliphatic carbocycles. The average Bonchev–Trinajstić information content (AvgIpc) is 3.03. The van der Waals surface area contributed by atoms with E-state index in [0.717, 1.165) is 26.0 Å². The Morgan fingerprint density at radius 3 is 2.86 bits per heavy atom. The lowest BCUT2D eigenvalue weighted by Gasteiger charge is -2.31. The second-order valence-electron chi connectivity index (χ2n) is 6.61. The Kier molecular flexibility index (Phi) is 8.01. The molecule has 0 aromatic heterocycles. The molecule has 0 spiro atoms. The van der Waals surface area contributed by atoms with Gasteiger partial charge in [0, 0.05) is 13.2 Å². The second kappa shape index (κ2) is 9.78. The van der Waals surface area contributed by atoms with Crippen LogP contribution in [0.2, 0.25) is 0 Å². The molecule has 4 heteroatoms. The standard InChI is InChI=1S/C17H33NO3/c1-2-14-6-3-4-8-17(14)21-13-15(19)12-18-10-9-16-7-5-11-20-16/h14-19H,2-13H2,1H3. The normalized spacial score (nSPS) is 31.4. The monoisotopic (exact) mass is 299 g/mol. The van der Waals surface area contributed by atoms with Crippen molar-refractivity contribution < 1.29 is 14.6 Å². The smallest absolute Gasteiger partial charge is 0.0897 e. The Balaban J connectivity index is 1.51. The maximum Gasteiger partial charge on any atom is 0.0897 e. The molecule has 4 nitrogen and oxygen atoms in total. The fourth-order valence-electron chi connectivity index (χ4n) is 3.56. The van der Waals surface area contributed by atoms with E-state index >= 15 is 0 Å². The van der Waals surface area contributed by atoms with E-state index in [4.69, 9.17) is 9.47 Å². The molecule has 4 atom stereocenters. The summed E-state index contributed by atoms with van der Waals surface area (Å²) in [7, 11) is 0. The Bertz CT molecular complexity index is 269. The zero-order valence-corrected chi connectivity index (χ0v) is 13.6. The third-order valence-corrected chi connectivity index (χ3v) is 4.91. The molecule has 1 saturated heterocycles. The van der Waals surface area contributed by atoms with E-state index in [1.165, 1.54) is 38.5 Å². The number of aliphatic hydroxyl groups is 1. The molecule has 124 valence electrons. The van der Waals surface area contributed by atoms with E-state index < -0.39 is 6.10 Å². The lowest BCUT2D eigenvalue weighted by atomic mass is 9.85. The number of rotatable bonds is 9. The molecule has 0 bridgehead atoms. The molecule has 1 saturated carbocycles. The van der Waals surface area contributed by atoms with Gasteiger partial charge in [0.15, 0.2) is 0 Å². The zero-order valence-electron chi connectivity index (χ0n) is 13.6. The second-order valence-corrected chi connectivity index (χ2v) is 6.61. The minimum atomic E-state index is -0.395. The zero-order chi connectivity index (χ0) is 14.9. The van der Waals surface area contributed by atoms with Crippen molar-refractivity contribution >= 4 is 0 Å². The van der Waals surface area contributed by atoms with Crippen LogP contribution in [-0.4, -0.2) is 49.7 Å². The SMILES string of the molecule is CCC1CCCCC1OCC(O)CNCCC1CCCO1. The minimum Gasteiger partial charge on any atom is -0.389 e. The van der Waals surface area contributed by atoms with E-state index in [2.05, 4.69) is 12.2 Å². The van der Waals surface area contributed by atoms with Gasteiger partial charge in [-0.3, -0.25) is 0 Å². The largest absolute Gasteiger partial charge is 0.389 e. The molecule has 2 aliphatic rings. The molecular weight excluding hydrogens is 266 g/mol. The van der Waals surface area contributed by atoms with E-state index in [0.29, 0.717) is 31.3 Å². The van der Waals surface area contributed by atoms with Gasteiger partial charge in [-0.2, -0.15) is 0 Å². The predicted molar refractivity (Wildman–Crippen MR) is 84.5 cm³/mol. The van der Waals surface area contributed by atoms with Crippen molar-refractivity contribution in [1.82, 2.24) is 5.32 Å². The number of aliphatic hydroxyl groups excluding tert-OH is 1. The van der Waals surface area contributed by atoms with Gasteiger partial charge in [0.25, 0.3) is 0 Å². The van der Waals surface area contributed by atoms with Crippen LogP contribution in [0.15, 0.2) is 0 Å². The van der Waals surface area contributed by atoms with E-state index in [9.17, 15) is 5.11 Å². The number of ether oxygens (including phenoxy) is 2. The van der Waals surface area contributed by atoms with Crippen molar-refractivity contribution in [3.8, 4) is 0 Å². The maximum atomic E-state index is 10.0. The first kappa shape index (κ1) is 17.2. The summed E-state index contributed by atoms with van der Waals surface area (Å²) in [5, 5.41) is 13.3. The summed E-state index contributed by atoms with van der Waals surface area (Å²) in [6, 6.07) is 0. The van der Waals surface area contributed by atoms with E-state index in [1.807, 2.05) is 0 Å². The molecule has 0 radical (unpaired) electrons. The quantitative estimate of drug-likeness (QED) is 0.642. The van der Waals surface area contributed by atoms with Crippen LogP contribution in [-0.2, 0) is 9.47 Å². The first-order chi connectivity index (χ1) is 10.3. The van der Waals surface area contributed by atoms with Crippen molar-refractivity contribution in [3.63, 3.8) is 0 Å². The Morgan fingerprint density at radius 1 is 1.24 bits per heavy atom. The molecule has 0 aromatic rings. The Hall–Kier alpha value is -0.160. The molecule has 0 aromatic carbocycles. The van der Waals surface area contributed by atoms with Crippen molar-refractivity contribution in [2.75, 3.05) is 26.3 Å². The fraction of sp³-hybridized carbons (Fsp3) is 1.00. The molecule has 2 N–H and O–H groups in total. The molecule has 4 unspecified atom stereocenters. The van der Waals surface area contributed by atoms with Crippen LogP contribution in [0, 0.1) is 5.92 Å². The Morgan fingerprint density at radius 2 is 2.10 bits per heavy atom. The fourth-order valence-corrected chi connectivity index (χ4v) is 3.56. The molecular formula is C17H33NO3. The molecule has 0 amide bonds. The summed E-state index contributed by atoms with van der Waals surface area (Å²) in [6.07, 6.45) is 10.1. The highest BCUT2D eigenvalue weighted by Gasteiger charge is 2.24. The third kappa shape index (κ3) is 6.23. The predicted octanol–water partition coefficient (Wildman–Crippen LogP) is 2.49. The van der Waals surface area contributed by atoms with Gasteiger partial charge in [-0.15, -0.1) is 0 Å². The van der Waals surface area contributed by atoms with Crippen molar-refractivity contribution in [1.29, 1.82) is 0 Å². The van der Waals surface area contributed by atoms with Gasteiger partial charge in [0.2, 0.25) is 0 Å². The summed E-state index contributed by atoms with van der Waals surface area (Å²) >= 11 is 0. The maximum absolute atomic E-state index is 10.0. The summed E-state index contributed by atoms with van der Waals surface area (Å²) in [5.41, 5.74) is 0. The van der Waals surface area contributed by atoms with Gasteiger partial charge >= 0.3 is 0 Å². The van der Waals surface area contributed by atoms with Gasteiger partial charge in [0.1, 0.15) is 0 Å². The van der Waals surface area contributed by atoms with Crippen molar-refractivity contribution in [3.05, 3.63) is 0 Å². The van der Waals surface area contributed by atoms with Crippen molar-refractivity contribution in [2.45, 2.75) is 76.6 Å². The van der Waals surface area contributed by atoms with Crippen LogP contribution in [0.4, 0.5) is 0 Å². The van der Waals surface area contributed by atoms with Crippen LogP contribution in [0.1, 0.15) is 58.3 Å². The van der Waals surface area contributed by atoms with Gasteiger partial charge in [0.05, 0.1) is 24.9 Å². The highest BCUT2D eigenvalue weighted by atomic mass is 16.5. The molecule has 2 fully saturated rings. The first-order valence-corrected chi connectivity index (χ1v) is 8.91. The number of hydrogen-bond donors (Lipinski definition) is 2. The van der Waals surface area contributed by atoms with Crippen LogP contribution >= 0.6 is 0 Å². The summed E-state index contributed by atoms with van der Waals surface area (Å²) in [5.74, 6) is 0.693. The lowest BCUT2D eigenvalue weighted by Crippen LogP contribution is -2.35. The first-order valence-electron chi connectivity index (χ1n) is 8.91. The highest BCUT2D eigenvalue weighted by molar-refractivity contribution is 4.75. The van der Waals surface area contributed by atoms with Gasteiger partial charge in [-0.25, -0.2) is 0 Å². The minimum absolute atomic E-state index is 0.366. The molecule has 1 aliphatic heterocycles. The summed E-state index contributed by atoms with van der Waals surface area (Å²) < 4.78 is 11.5. The highest BCUT2D eigenvalue weighted by Crippen LogP contribution is 2.29. The average molecular weight is 299 g/mol. The Labute approximate surface area is 129 Å². The van der Waals surface area contributed by atoms with Crippen LogP contribution in [0.5, 0.6) is 0 Å². The third-order valence-electron chi connectivity index (χ3n) is 4.91. The van der Waals surface area contributed by atoms with E-state index in [-0.39, 0.29) is 0 Å². The van der Waals surface area contributed by atoms with Gasteiger partial charge < -0.3 is 19.9 Å². The number of hydrogen-bond acceptors (Lipinski definition) is 4. The summed E-state index contributed by atoms with van der Waals surface area (Å²) in [4.78, 5) is 0. The topological polar surface area (TPSA) is 50.7 Å². The van der Waals surface area contributed by atoms with Crippen LogP contribution in [0.3, 0.4) is 0 Å². The van der Waals surface area contributed by atoms with Gasteiger partial charge in [-0.05, 0) is 44.6 Å². The molecule has 2 rings (SSSR count). The molecule has 21 heavy (non-hydrogen) atoms. The number of nitrogens with one attached hydrogen (secondary N) is 1. The van der Waals surface area contributed by atoms with Crippen LogP contribution in [0.25, 0.3) is 0 Å². The molecule has 1 heterocycles. The van der Waals surface area contributed by atoms with Crippen LogP contribution < -0.4 is 5.32 Å². The lowest BCUT2D eigenvalue weighted by molar-refractivity contribution is -0.0499. The summed E-state index contributed by atoms with van der Waals surface area (Å²) in [6.45, 7) is 5.17. The van der Waals surface area contributed by atoms with Crippen molar-refractivity contribution in [2.24, 2.45) is 5.92 Å².